The third-order valence-corrected chi connectivity index (χ3v) is 6.04. The van der Waals surface area contributed by atoms with Crippen molar-refractivity contribution in [1.82, 2.24) is 9.55 Å². The molecule has 2 aromatic heterocycles. The van der Waals surface area contributed by atoms with Gasteiger partial charge >= 0.3 is 6.18 Å². The van der Waals surface area contributed by atoms with E-state index in [0.717, 1.165) is 12.1 Å². The summed E-state index contributed by atoms with van der Waals surface area (Å²) >= 11 is 1.26. The van der Waals surface area contributed by atoms with E-state index in [1.807, 2.05) is 0 Å². The fourth-order valence-corrected chi connectivity index (χ4v) is 4.25. The highest BCUT2D eigenvalue weighted by atomic mass is 32.1. The van der Waals surface area contributed by atoms with Crippen LogP contribution < -0.4 is 5.73 Å². The Morgan fingerprint density at radius 1 is 1.12 bits per heavy atom. The molecule has 0 aliphatic heterocycles. The largest absolute Gasteiger partial charge is 0.416 e. The summed E-state index contributed by atoms with van der Waals surface area (Å²) in [6.07, 6.45) is -4.41. The Bertz CT molecular complexity index is 1290. The van der Waals surface area contributed by atoms with E-state index in [1.54, 1.807) is 41.1 Å². The number of halogens is 4. The molecule has 9 heteroatoms. The molecule has 0 bridgehead atoms. The number of hydrogen-bond donors (Lipinski definition) is 1. The predicted molar refractivity (Wildman–Crippen MR) is 115 cm³/mol. The van der Waals surface area contributed by atoms with Gasteiger partial charge in [-0.15, -0.1) is 11.3 Å². The van der Waals surface area contributed by atoms with Gasteiger partial charge in [-0.2, -0.15) is 13.2 Å². The van der Waals surface area contributed by atoms with Crippen molar-refractivity contribution in [3.63, 3.8) is 0 Å². The Hall–Kier alpha value is -3.46. The Kier molecular flexibility index (Phi) is 5.60. The zero-order chi connectivity index (χ0) is 23.0. The van der Waals surface area contributed by atoms with Crippen LogP contribution in [0.5, 0.6) is 0 Å². The van der Waals surface area contributed by atoms with Crippen LogP contribution in [-0.2, 0) is 12.7 Å². The fourth-order valence-electron chi connectivity index (χ4n) is 3.43. The number of benzene rings is 2. The summed E-state index contributed by atoms with van der Waals surface area (Å²) in [5.41, 5.74) is 7.67. The summed E-state index contributed by atoms with van der Waals surface area (Å²) in [5.74, 6) is -0.995. The number of primary amides is 1. The van der Waals surface area contributed by atoms with E-state index < -0.39 is 17.6 Å². The Labute approximate surface area is 185 Å². The van der Waals surface area contributed by atoms with Crippen molar-refractivity contribution in [3.05, 3.63) is 88.2 Å². The van der Waals surface area contributed by atoms with Gasteiger partial charge in [0.05, 0.1) is 29.1 Å². The van der Waals surface area contributed by atoms with Crippen LogP contribution in [0.15, 0.2) is 60.0 Å². The number of rotatable bonds is 5. The first-order valence-electron chi connectivity index (χ1n) is 9.52. The van der Waals surface area contributed by atoms with Crippen molar-refractivity contribution < 1.29 is 22.4 Å². The van der Waals surface area contributed by atoms with E-state index >= 15 is 0 Å². The second-order valence-corrected chi connectivity index (χ2v) is 8.04. The maximum absolute atomic E-state index is 14.2. The number of hydrogen-bond acceptors (Lipinski definition) is 3. The third-order valence-electron chi connectivity index (χ3n) is 5.14. The van der Waals surface area contributed by atoms with Gasteiger partial charge in [-0.05, 0) is 31.2 Å². The molecule has 2 heterocycles. The maximum atomic E-state index is 14.2. The second kappa shape index (κ2) is 8.23. The van der Waals surface area contributed by atoms with Crippen molar-refractivity contribution in [1.29, 1.82) is 0 Å². The van der Waals surface area contributed by atoms with Gasteiger partial charge in [0, 0.05) is 22.2 Å². The van der Waals surface area contributed by atoms with Crippen molar-refractivity contribution in [3.8, 4) is 22.0 Å². The molecule has 4 rings (SSSR count). The summed E-state index contributed by atoms with van der Waals surface area (Å²) in [6, 6.07) is 12.7. The molecule has 0 aliphatic carbocycles. The van der Waals surface area contributed by atoms with E-state index in [0.29, 0.717) is 38.8 Å². The summed E-state index contributed by atoms with van der Waals surface area (Å²) in [4.78, 5) is 16.5. The molecule has 0 unspecified atom stereocenters. The standard InChI is InChI=1S/C23H17F4N3OS/c1-13-17(21(28)31)10-20(30(13)11-15-4-2-3-5-18(15)24)19-12-32-22(29-19)14-6-8-16(9-7-14)23(25,26)27/h2-10,12H,11H2,1H3,(H2,28,31). The summed E-state index contributed by atoms with van der Waals surface area (Å²) in [5, 5.41) is 2.26. The lowest BCUT2D eigenvalue weighted by atomic mass is 10.1. The molecule has 0 fully saturated rings. The normalized spacial score (nSPS) is 11.7. The number of carbonyl (C=O) groups excluding carboxylic acids is 1. The molecular weight excluding hydrogens is 442 g/mol. The highest BCUT2D eigenvalue weighted by Gasteiger charge is 2.30. The molecule has 164 valence electrons. The quantitative estimate of drug-likeness (QED) is 0.378. The van der Waals surface area contributed by atoms with Crippen molar-refractivity contribution >= 4 is 17.2 Å². The summed E-state index contributed by atoms with van der Waals surface area (Å²) in [7, 11) is 0. The zero-order valence-electron chi connectivity index (χ0n) is 16.8. The highest BCUT2D eigenvalue weighted by Crippen LogP contribution is 2.34. The van der Waals surface area contributed by atoms with Gasteiger partial charge < -0.3 is 10.3 Å². The molecule has 32 heavy (non-hydrogen) atoms. The average molecular weight is 459 g/mol. The van der Waals surface area contributed by atoms with E-state index in [4.69, 9.17) is 5.73 Å². The number of alkyl halides is 3. The lowest BCUT2D eigenvalue weighted by Gasteiger charge is -2.11. The molecule has 1 amide bonds. The molecule has 4 nitrogen and oxygen atoms in total. The number of aromatic nitrogens is 2. The van der Waals surface area contributed by atoms with Crippen LogP contribution in [0.3, 0.4) is 0 Å². The van der Waals surface area contributed by atoms with Gasteiger partial charge in [0.25, 0.3) is 5.91 Å². The minimum atomic E-state index is -4.41. The van der Waals surface area contributed by atoms with Gasteiger partial charge in [-0.3, -0.25) is 4.79 Å². The van der Waals surface area contributed by atoms with Crippen molar-refractivity contribution in [2.45, 2.75) is 19.6 Å². The van der Waals surface area contributed by atoms with Crippen molar-refractivity contribution in [2.24, 2.45) is 5.73 Å². The molecule has 0 spiro atoms. The first-order valence-corrected chi connectivity index (χ1v) is 10.4. The Balaban J connectivity index is 1.74. The van der Waals surface area contributed by atoms with Crippen molar-refractivity contribution in [2.75, 3.05) is 0 Å². The maximum Gasteiger partial charge on any atom is 0.416 e. The number of nitrogens with two attached hydrogens (primary N) is 1. The monoisotopic (exact) mass is 459 g/mol. The number of amides is 1. The molecule has 4 aromatic rings. The van der Waals surface area contributed by atoms with E-state index in [9.17, 15) is 22.4 Å². The second-order valence-electron chi connectivity index (χ2n) is 7.18. The van der Waals surface area contributed by atoms with Crippen LogP contribution in [0, 0.1) is 12.7 Å². The van der Waals surface area contributed by atoms with Gasteiger partial charge in [0.2, 0.25) is 0 Å². The summed E-state index contributed by atoms with van der Waals surface area (Å²) < 4.78 is 54.5. The number of nitrogens with zero attached hydrogens (tertiary/aromatic N) is 2. The number of thiazole rings is 1. The van der Waals surface area contributed by atoms with Crippen LogP contribution in [0.25, 0.3) is 22.0 Å². The lowest BCUT2D eigenvalue weighted by Crippen LogP contribution is -2.13. The topological polar surface area (TPSA) is 60.9 Å². The molecule has 0 atom stereocenters. The number of carbonyl (C=O) groups is 1. The minimum absolute atomic E-state index is 0.161. The minimum Gasteiger partial charge on any atom is -0.366 e. The molecule has 2 N–H and O–H groups in total. The molecular formula is C23H17F4N3OS. The molecule has 0 saturated carbocycles. The van der Waals surface area contributed by atoms with Crippen LogP contribution in [0.2, 0.25) is 0 Å². The van der Waals surface area contributed by atoms with E-state index in [1.165, 1.54) is 29.5 Å². The molecule has 0 radical (unpaired) electrons. The Morgan fingerprint density at radius 3 is 2.44 bits per heavy atom. The third kappa shape index (κ3) is 4.16. The van der Waals surface area contributed by atoms with Gasteiger partial charge in [-0.1, -0.05) is 30.3 Å². The van der Waals surface area contributed by atoms with Crippen LogP contribution in [0.1, 0.15) is 27.2 Å². The lowest BCUT2D eigenvalue weighted by molar-refractivity contribution is -0.137. The molecule has 2 aromatic carbocycles. The smallest absolute Gasteiger partial charge is 0.366 e. The average Bonchev–Trinajstić information content (AvgIpc) is 3.35. The molecule has 0 aliphatic rings. The van der Waals surface area contributed by atoms with Crippen LogP contribution in [0.4, 0.5) is 17.6 Å². The zero-order valence-corrected chi connectivity index (χ0v) is 17.6. The van der Waals surface area contributed by atoms with Crippen LogP contribution in [-0.4, -0.2) is 15.5 Å². The van der Waals surface area contributed by atoms with Crippen LogP contribution >= 0.6 is 11.3 Å². The first-order chi connectivity index (χ1) is 15.1. The predicted octanol–water partition coefficient (Wildman–Crippen LogP) is 5.89. The first kappa shape index (κ1) is 21.8. The summed E-state index contributed by atoms with van der Waals surface area (Å²) in [6.45, 7) is 1.88. The highest BCUT2D eigenvalue weighted by molar-refractivity contribution is 7.13. The Morgan fingerprint density at radius 2 is 1.81 bits per heavy atom. The van der Waals surface area contributed by atoms with E-state index in [2.05, 4.69) is 4.98 Å². The van der Waals surface area contributed by atoms with E-state index in [-0.39, 0.29) is 12.4 Å². The van der Waals surface area contributed by atoms with Gasteiger partial charge in [0.1, 0.15) is 10.8 Å². The SMILES string of the molecule is Cc1c(C(N)=O)cc(-c2csc(-c3ccc(C(F)(F)F)cc3)n2)n1Cc1ccccc1F. The van der Waals surface area contributed by atoms with Gasteiger partial charge in [0.15, 0.2) is 0 Å². The van der Waals surface area contributed by atoms with Gasteiger partial charge in [-0.25, -0.2) is 9.37 Å². The fraction of sp³-hybridized carbons (Fsp3) is 0.130. The molecule has 0 saturated heterocycles.